The van der Waals surface area contributed by atoms with E-state index in [1.807, 2.05) is 0 Å². The molecule has 1 aliphatic heterocycles. The van der Waals surface area contributed by atoms with Gasteiger partial charge >= 0.3 is 6.03 Å². The molecule has 1 aromatic carbocycles. The van der Waals surface area contributed by atoms with Gasteiger partial charge in [0.1, 0.15) is 5.82 Å². The standard InChI is InChI=1S/C18H23FN4O2/c1-13-11-16(14-5-3-4-6-15(14)19)23(12-13)18(24)20-17-7-8-22(21-17)9-10-25-2/h3-8,13,16H,9-12H2,1-2H3,(H,20,21,24). The molecule has 1 N–H and O–H groups in total. The maximum Gasteiger partial charge on any atom is 0.323 e. The molecule has 0 spiro atoms. The molecule has 6 nitrogen and oxygen atoms in total. The average Bonchev–Trinajstić information content (AvgIpc) is 3.20. The number of urea groups is 1. The Kier molecular flexibility index (Phi) is 5.33. The van der Waals surface area contributed by atoms with Gasteiger partial charge in [0.05, 0.1) is 19.2 Å². The third-order valence-electron chi connectivity index (χ3n) is 4.44. The van der Waals surface area contributed by atoms with Crippen LogP contribution in [0.25, 0.3) is 0 Å². The summed E-state index contributed by atoms with van der Waals surface area (Å²) < 4.78 is 20.9. The van der Waals surface area contributed by atoms with Crippen molar-refractivity contribution in [2.24, 2.45) is 5.92 Å². The molecule has 2 heterocycles. The van der Waals surface area contributed by atoms with E-state index in [0.717, 1.165) is 6.42 Å². The van der Waals surface area contributed by atoms with E-state index >= 15 is 0 Å². The Balaban J connectivity index is 1.71. The number of aromatic nitrogens is 2. The van der Waals surface area contributed by atoms with Crippen molar-refractivity contribution in [2.45, 2.75) is 25.9 Å². The molecule has 1 fully saturated rings. The Bertz CT molecular complexity index is 733. The Labute approximate surface area is 146 Å². The Hall–Kier alpha value is -2.41. The highest BCUT2D eigenvalue weighted by molar-refractivity contribution is 5.88. The van der Waals surface area contributed by atoms with Gasteiger partial charge in [-0.25, -0.2) is 9.18 Å². The number of amides is 2. The van der Waals surface area contributed by atoms with E-state index in [1.165, 1.54) is 6.07 Å². The number of methoxy groups -OCH3 is 1. The number of ether oxygens (including phenoxy) is 1. The topological polar surface area (TPSA) is 59.4 Å². The highest BCUT2D eigenvalue weighted by atomic mass is 19.1. The Morgan fingerprint density at radius 3 is 2.96 bits per heavy atom. The quantitative estimate of drug-likeness (QED) is 0.904. The van der Waals surface area contributed by atoms with Crippen molar-refractivity contribution in [3.05, 3.63) is 47.9 Å². The monoisotopic (exact) mass is 346 g/mol. The number of hydrogen-bond acceptors (Lipinski definition) is 3. The summed E-state index contributed by atoms with van der Waals surface area (Å²) in [5.74, 6) is 0.519. The summed E-state index contributed by atoms with van der Waals surface area (Å²) >= 11 is 0. The van der Waals surface area contributed by atoms with Gasteiger partial charge in [0, 0.05) is 31.5 Å². The Morgan fingerprint density at radius 2 is 2.20 bits per heavy atom. The average molecular weight is 346 g/mol. The maximum atomic E-state index is 14.2. The SMILES string of the molecule is COCCn1ccc(NC(=O)N2CC(C)CC2c2ccccc2F)n1. The summed E-state index contributed by atoms with van der Waals surface area (Å²) in [4.78, 5) is 14.4. The third-order valence-corrected chi connectivity index (χ3v) is 4.44. The number of carbonyl (C=O) groups excluding carboxylic acids is 1. The summed E-state index contributed by atoms with van der Waals surface area (Å²) in [5.41, 5.74) is 0.563. The normalized spacial score (nSPS) is 20.0. The maximum absolute atomic E-state index is 14.2. The van der Waals surface area contributed by atoms with Crippen molar-refractivity contribution >= 4 is 11.8 Å². The van der Waals surface area contributed by atoms with Crippen LogP contribution >= 0.6 is 0 Å². The minimum atomic E-state index is -0.275. The molecule has 1 saturated heterocycles. The number of halogens is 1. The largest absolute Gasteiger partial charge is 0.383 e. The lowest BCUT2D eigenvalue weighted by molar-refractivity contribution is 0.183. The molecule has 1 aromatic heterocycles. The smallest absolute Gasteiger partial charge is 0.323 e. The third kappa shape index (κ3) is 3.99. The van der Waals surface area contributed by atoms with Gasteiger partial charge in [0.25, 0.3) is 0 Å². The number of rotatable bonds is 5. The number of likely N-dealkylation sites (tertiary alicyclic amines) is 1. The lowest BCUT2D eigenvalue weighted by Crippen LogP contribution is -2.35. The number of benzene rings is 1. The van der Waals surface area contributed by atoms with Crippen LogP contribution in [-0.4, -0.2) is 41.0 Å². The first-order valence-corrected chi connectivity index (χ1v) is 8.43. The number of nitrogens with zero attached hydrogens (tertiary/aromatic N) is 3. The van der Waals surface area contributed by atoms with Gasteiger partial charge in [-0.05, 0) is 18.4 Å². The van der Waals surface area contributed by atoms with Crippen molar-refractivity contribution in [1.82, 2.24) is 14.7 Å². The second-order valence-electron chi connectivity index (χ2n) is 6.42. The van der Waals surface area contributed by atoms with Crippen LogP contribution < -0.4 is 5.32 Å². The summed E-state index contributed by atoms with van der Waals surface area (Å²) in [6, 6.07) is 7.87. The first kappa shape index (κ1) is 17.4. The molecule has 0 aliphatic carbocycles. The summed E-state index contributed by atoms with van der Waals surface area (Å²) in [6.45, 7) is 3.83. The fourth-order valence-electron chi connectivity index (χ4n) is 3.23. The van der Waals surface area contributed by atoms with E-state index in [4.69, 9.17) is 4.74 Å². The van der Waals surface area contributed by atoms with Gasteiger partial charge in [-0.1, -0.05) is 25.1 Å². The van der Waals surface area contributed by atoms with Gasteiger partial charge in [0.2, 0.25) is 0 Å². The molecule has 1 aliphatic rings. The van der Waals surface area contributed by atoms with E-state index < -0.39 is 0 Å². The minimum absolute atomic E-state index is 0.255. The van der Waals surface area contributed by atoms with Crippen molar-refractivity contribution in [2.75, 3.05) is 25.6 Å². The van der Waals surface area contributed by atoms with E-state index in [2.05, 4.69) is 17.3 Å². The van der Waals surface area contributed by atoms with Gasteiger partial charge in [-0.2, -0.15) is 5.10 Å². The van der Waals surface area contributed by atoms with Crippen LogP contribution in [0.3, 0.4) is 0 Å². The molecule has 2 amide bonds. The first-order valence-electron chi connectivity index (χ1n) is 8.43. The molecule has 0 saturated carbocycles. The Morgan fingerprint density at radius 1 is 1.40 bits per heavy atom. The van der Waals surface area contributed by atoms with Crippen molar-refractivity contribution in [3.8, 4) is 0 Å². The number of anilines is 1. The predicted molar refractivity (Wildman–Crippen MR) is 92.7 cm³/mol. The van der Waals surface area contributed by atoms with Crippen LogP contribution in [0.4, 0.5) is 15.0 Å². The van der Waals surface area contributed by atoms with Crippen molar-refractivity contribution in [1.29, 1.82) is 0 Å². The fourth-order valence-corrected chi connectivity index (χ4v) is 3.23. The van der Waals surface area contributed by atoms with E-state index in [0.29, 0.717) is 37.0 Å². The molecule has 0 bridgehead atoms. The number of hydrogen-bond donors (Lipinski definition) is 1. The van der Waals surface area contributed by atoms with E-state index in [9.17, 15) is 9.18 Å². The van der Waals surface area contributed by atoms with Crippen molar-refractivity contribution < 1.29 is 13.9 Å². The fraction of sp³-hybridized carbons (Fsp3) is 0.444. The molecule has 0 radical (unpaired) electrons. The lowest BCUT2D eigenvalue weighted by Gasteiger charge is -2.25. The molecule has 2 unspecified atom stereocenters. The van der Waals surface area contributed by atoms with Crippen LogP contribution in [0.5, 0.6) is 0 Å². The van der Waals surface area contributed by atoms with Crippen LogP contribution in [0.2, 0.25) is 0 Å². The minimum Gasteiger partial charge on any atom is -0.383 e. The number of nitrogens with one attached hydrogen (secondary N) is 1. The van der Waals surface area contributed by atoms with Crippen molar-refractivity contribution in [3.63, 3.8) is 0 Å². The van der Waals surface area contributed by atoms with Gasteiger partial charge in [0.15, 0.2) is 5.82 Å². The summed E-state index contributed by atoms with van der Waals surface area (Å²) in [5, 5.41) is 7.11. The number of carbonyl (C=O) groups is 1. The van der Waals surface area contributed by atoms with E-state index in [-0.39, 0.29) is 17.9 Å². The predicted octanol–water partition coefficient (Wildman–Crippen LogP) is 3.28. The van der Waals surface area contributed by atoms with E-state index in [1.54, 1.807) is 47.2 Å². The molecular weight excluding hydrogens is 323 g/mol. The van der Waals surface area contributed by atoms with Crippen LogP contribution in [-0.2, 0) is 11.3 Å². The second-order valence-corrected chi connectivity index (χ2v) is 6.42. The summed E-state index contributed by atoms with van der Waals surface area (Å²) in [6.07, 6.45) is 2.53. The molecular formula is C18H23FN4O2. The molecule has 134 valence electrons. The van der Waals surface area contributed by atoms with Gasteiger partial charge in [-0.3, -0.25) is 10.00 Å². The molecule has 2 atom stereocenters. The van der Waals surface area contributed by atoms with Crippen LogP contribution in [0, 0.1) is 11.7 Å². The highest BCUT2D eigenvalue weighted by Gasteiger charge is 2.35. The van der Waals surface area contributed by atoms with Gasteiger partial charge in [-0.15, -0.1) is 0 Å². The molecule has 2 aromatic rings. The molecule has 25 heavy (non-hydrogen) atoms. The first-order chi connectivity index (χ1) is 12.1. The zero-order chi connectivity index (χ0) is 17.8. The molecule has 7 heteroatoms. The summed E-state index contributed by atoms with van der Waals surface area (Å²) in [7, 11) is 1.63. The zero-order valence-electron chi connectivity index (χ0n) is 14.5. The molecule has 3 rings (SSSR count). The lowest BCUT2D eigenvalue weighted by atomic mass is 10.0. The van der Waals surface area contributed by atoms with Gasteiger partial charge < -0.3 is 9.64 Å². The zero-order valence-corrected chi connectivity index (χ0v) is 14.5. The van der Waals surface area contributed by atoms with Crippen LogP contribution in [0.15, 0.2) is 36.5 Å². The second kappa shape index (κ2) is 7.65. The highest BCUT2D eigenvalue weighted by Crippen LogP contribution is 2.36. The van der Waals surface area contributed by atoms with Crippen LogP contribution in [0.1, 0.15) is 24.9 Å².